The van der Waals surface area contributed by atoms with Crippen LogP contribution in [0.2, 0.25) is 0 Å². The zero-order valence-electron chi connectivity index (χ0n) is 9.77. The SMILES string of the molecule is C#CCOC(=O)C(C)CCC(=O)OCCC#N. The lowest BCUT2D eigenvalue weighted by atomic mass is 10.1. The van der Waals surface area contributed by atoms with Crippen LogP contribution >= 0.6 is 0 Å². The van der Waals surface area contributed by atoms with E-state index >= 15 is 0 Å². The maximum absolute atomic E-state index is 11.3. The van der Waals surface area contributed by atoms with Crippen molar-refractivity contribution in [3.05, 3.63) is 0 Å². The van der Waals surface area contributed by atoms with Crippen LogP contribution in [0.15, 0.2) is 0 Å². The Kier molecular flexibility index (Phi) is 8.14. The zero-order valence-corrected chi connectivity index (χ0v) is 9.77. The van der Waals surface area contributed by atoms with Crippen LogP contribution in [0.3, 0.4) is 0 Å². The van der Waals surface area contributed by atoms with Crippen molar-refractivity contribution in [2.45, 2.75) is 26.2 Å². The number of esters is 2. The lowest BCUT2D eigenvalue weighted by molar-refractivity contribution is -0.148. The van der Waals surface area contributed by atoms with Crippen molar-refractivity contribution in [1.29, 1.82) is 5.26 Å². The lowest BCUT2D eigenvalue weighted by Crippen LogP contribution is -2.17. The Morgan fingerprint density at radius 1 is 1.41 bits per heavy atom. The van der Waals surface area contributed by atoms with E-state index in [9.17, 15) is 9.59 Å². The van der Waals surface area contributed by atoms with Gasteiger partial charge in [-0.15, -0.1) is 6.42 Å². The van der Waals surface area contributed by atoms with Gasteiger partial charge in [0.25, 0.3) is 0 Å². The molecular formula is C12H15NO4. The first-order valence-electron chi connectivity index (χ1n) is 5.24. The van der Waals surface area contributed by atoms with Gasteiger partial charge in [-0.2, -0.15) is 5.26 Å². The largest absolute Gasteiger partial charge is 0.465 e. The summed E-state index contributed by atoms with van der Waals surface area (Å²) in [5, 5.41) is 8.23. The van der Waals surface area contributed by atoms with Gasteiger partial charge in [-0.3, -0.25) is 9.59 Å². The third-order valence-corrected chi connectivity index (χ3v) is 1.96. The number of ether oxygens (including phenoxy) is 2. The van der Waals surface area contributed by atoms with Crippen LogP contribution < -0.4 is 0 Å². The maximum Gasteiger partial charge on any atom is 0.309 e. The molecule has 5 nitrogen and oxygen atoms in total. The van der Waals surface area contributed by atoms with Crippen molar-refractivity contribution in [3.8, 4) is 18.4 Å². The van der Waals surface area contributed by atoms with Crippen LogP contribution in [-0.2, 0) is 19.1 Å². The molecule has 0 rings (SSSR count). The number of carbonyl (C=O) groups is 2. The molecule has 0 aliphatic rings. The highest BCUT2D eigenvalue weighted by molar-refractivity contribution is 5.74. The minimum absolute atomic E-state index is 0.0597. The molecule has 0 radical (unpaired) electrons. The van der Waals surface area contributed by atoms with E-state index in [1.165, 1.54) is 0 Å². The van der Waals surface area contributed by atoms with Crippen LogP contribution in [0.5, 0.6) is 0 Å². The topological polar surface area (TPSA) is 76.4 Å². The van der Waals surface area contributed by atoms with E-state index in [1.54, 1.807) is 6.92 Å². The summed E-state index contributed by atoms with van der Waals surface area (Å²) in [6, 6.07) is 1.86. The normalized spacial score (nSPS) is 10.8. The molecule has 0 aromatic rings. The summed E-state index contributed by atoms with van der Waals surface area (Å²) in [5.74, 6) is 0.948. The molecule has 0 heterocycles. The van der Waals surface area contributed by atoms with Crippen LogP contribution in [-0.4, -0.2) is 25.2 Å². The lowest BCUT2D eigenvalue weighted by Gasteiger charge is -2.09. The van der Waals surface area contributed by atoms with E-state index in [0.717, 1.165) is 0 Å². The Balaban J connectivity index is 3.72. The first-order valence-corrected chi connectivity index (χ1v) is 5.24. The average molecular weight is 237 g/mol. The molecule has 17 heavy (non-hydrogen) atoms. The Morgan fingerprint density at radius 3 is 2.71 bits per heavy atom. The second kappa shape index (κ2) is 9.23. The first kappa shape index (κ1) is 15.0. The van der Waals surface area contributed by atoms with Gasteiger partial charge < -0.3 is 9.47 Å². The zero-order chi connectivity index (χ0) is 13.1. The highest BCUT2D eigenvalue weighted by atomic mass is 16.5. The molecule has 0 saturated heterocycles. The predicted molar refractivity (Wildman–Crippen MR) is 59.4 cm³/mol. The third-order valence-electron chi connectivity index (χ3n) is 1.96. The minimum Gasteiger partial charge on any atom is -0.465 e. The molecule has 0 amide bonds. The summed E-state index contributed by atoms with van der Waals surface area (Å²) in [5.41, 5.74) is 0. The van der Waals surface area contributed by atoms with Gasteiger partial charge in [-0.05, 0) is 6.42 Å². The fraction of sp³-hybridized carbons (Fsp3) is 0.583. The number of hydrogen-bond acceptors (Lipinski definition) is 5. The molecule has 0 N–H and O–H groups in total. The van der Waals surface area contributed by atoms with Gasteiger partial charge in [0.1, 0.15) is 6.61 Å². The van der Waals surface area contributed by atoms with E-state index in [4.69, 9.17) is 21.2 Å². The Labute approximate surface area is 101 Å². The summed E-state index contributed by atoms with van der Waals surface area (Å²) in [6.45, 7) is 1.68. The van der Waals surface area contributed by atoms with Crippen LogP contribution in [0, 0.1) is 29.6 Å². The van der Waals surface area contributed by atoms with Gasteiger partial charge in [-0.25, -0.2) is 0 Å². The van der Waals surface area contributed by atoms with E-state index in [2.05, 4.69) is 5.92 Å². The molecule has 5 heteroatoms. The predicted octanol–water partition coefficient (Wildman–Crippen LogP) is 1.04. The second-order valence-electron chi connectivity index (χ2n) is 3.38. The fourth-order valence-electron chi connectivity index (χ4n) is 0.990. The summed E-state index contributed by atoms with van der Waals surface area (Å²) in [4.78, 5) is 22.4. The summed E-state index contributed by atoms with van der Waals surface area (Å²) < 4.78 is 9.46. The highest BCUT2D eigenvalue weighted by Gasteiger charge is 2.16. The van der Waals surface area contributed by atoms with Crippen molar-refractivity contribution in [3.63, 3.8) is 0 Å². The molecule has 0 aliphatic carbocycles. The molecule has 1 unspecified atom stereocenters. The van der Waals surface area contributed by atoms with Crippen LogP contribution in [0.4, 0.5) is 0 Å². The quantitative estimate of drug-likeness (QED) is 0.375. The standard InChI is InChI=1S/C12H15NO4/c1-3-8-17-12(15)10(2)5-6-11(14)16-9-4-7-13/h1,10H,4-6,8-9H2,2H3. The molecule has 0 aromatic heterocycles. The van der Waals surface area contributed by atoms with Gasteiger partial charge in [0.15, 0.2) is 6.61 Å². The molecule has 0 aromatic carbocycles. The molecule has 0 bridgehead atoms. The van der Waals surface area contributed by atoms with Crippen LogP contribution in [0.25, 0.3) is 0 Å². The monoisotopic (exact) mass is 237 g/mol. The molecular weight excluding hydrogens is 222 g/mol. The Hall–Kier alpha value is -2.01. The summed E-state index contributed by atoms with van der Waals surface area (Å²) in [7, 11) is 0. The van der Waals surface area contributed by atoms with E-state index < -0.39 is 17.9 Å². The van der Waals surface area contributed by atoms with Crippen LogP contribution in [0.1, 0.15) is 26.2 Å². The molecule has 1 atom stereocenters. The Bertz CT molecular complexity index is 337. The number of terminal acetylenes is 1. The minimum atomic E-state index is -0.423. The number of rotatable bonds is 7. The summed E-state index contributed by atoms with van der Waals surface area (Å²) in [6.07, 6.45) is 5.58. The molecule has 0 aliphatic heterocycles. The van der Waals surface area contributed by atoms with Gasteiger partial charge in [0.2, 0.25) is 0 Å². The van der Waals surface area contributed by atoms with E-state index in [1.807, 2.05) is 6.07 Å². The average Bonchev–Trinajstić information content (AvgIpc) is 2.33. The van der Waals surface area contributed by atoms with Gasteiger partial charge in [0.05, 0.1) is 18.4 Å². The van der Waals surface area contributed by atoms with Crippen molar-refractivity contribution in [1.82, 2.24) is 0 Å². The smallest absolute Gasteiger partial charge is 0.309 e. The first-order chi connectivity index (χ1) is 8.11. The van der Waals surface area contributed by atoms with Gasteiger partial charge in [-0.1, -0.05) is 12.8 Å². The molecule has 0 saturated carbocycles. The fourth-order valence-corrected chi connectivity index (χ4v) is 0.990. The van der Waals surface area contributed by atoms with E-state index in [-0.39, 0.29) is 26.1 Å². The summed E-state index contributed by atoms with van der Waals surface area (Å²) >= 11 is 0. The highest BCUT2D eigenvalue weighted by Crippen LogP contribution is 2.08. The number of hydrogen-bond donors (Lipinski definition) is 0. The number of carbonyl (C=O) groups excluding carboxylic acids is 2. The van der Waals surface area contributed by atoms with Gasteiger partial charge in [0, 0.05) is 6.42 Å². The van der Waals surface area contributed by atoms with Gasteiger partial charge >= 0.3 is 11.9 Å². The van der Waals surface area contributed by atoms with E-state index in [0.29, 0.717) is 6.42 Å². The second-order valence-corrected chi connectivity index (χ2v) is 3.38. The molecule has 0 spiro atoms. The van der Waals surface area contributed by atoms with Crippen molar-refractivity contribution >= 4 is 11.9 Å². The molecule has 0 fully saturated rings. The molecule has 92 valence electrons. The number of nitriles is 1. The van der Waals surface area contributed by atoms with Crippen molar-refractivity contribution in [2.24, 2.45) is 5.92 Å². The third kappa shape index (κ3) is 7.87. The number of nitrogens with zero attached hydrogens (tertiary/aromatic N) is 1. The van der Waals surface area contributed by atoms with Crippen molar-refractivity contribution in [2.75, 3.05) is 13.2 Å². The Morgan fingerprint density at radius 2 is 2.12 bits per heavy atom. The maximum atomic E-state index is 11.3. The van der Waals surface area contributed by atoms with Crippen molar-refractivity contribution < 1.29 is 19.1 Å².